The molecule has 0 aromatic carbocycles. The van der Waals surface area contributed by atoms with Gasteiger partial charge in [-0.3, -0.25) is 10.1 Å². The first kappa shape index (κ1) is 8.96. The van der Waals surface area contributed by atoms with E-state index in [0.717, 1.165) is 0 Å². The fourth-order valence-electron chi connectivity index (χ4n) is 1.25. The molecule has 2 heterocycles. The number of fused-ring (bicyclic) bond motifs is 1. The van der Waals surface area contributed by atoms with Crippen LogP contribution in [0.4, 0.5) is 0 Å². The van der Waals surface area contributed by atoms with Crippen molar-refractivity contribution in [2.75, 3.05) is 0 Å². The number of halogens is 1. The molecule has 2 aromatic heterocycles. The quantitative estimate of drug-likeness (QED) is 0.541. The second-order valence-electron chi connectivity index (χ2n) is 2.90. The molecule has 2 aromatic rings. The highest BCUT2D eigenvalue weighted by atomic mass is 35.5. The van der Waals surface area contributed by atoms with Crippen LogP contribution < -0.4 is 5.73 Å². The van der Waals surface area contributed by atoms with Gasteiger partial charge < -0.3 is 5.73 Å². The normalized spacial score (nSPS) is 10.7. The van der Waals surface area contributed by atoms with Crippen molar-refractivity contribution >= 4 is 28.5 Å². The largest absolute Gasteiger partial charge is 0.384 e. The molecule has 5 nitrogen and oxygen atoms in total. The highest BCUT2D eigenvalue weighted by Gasteiger charge is 2.11. The Morgan fingerprint density at radius 2 is 2.29 bits per heavy atom. The predicted octanol–water partition coefficient (Wildman–Crippen LogP) is 0.906. The topological polar surface area (TPSA) is 80.6 Å². The zero-order chi connectivity index (χ0) is 10.3. The fourth-order valence-corrected chi connectivity index (χ4v) is 1.54. The Morgan fingerprint density at radius 3 is 2.93 bits per heavy atom. The van der Waals surface area contributed by atoms with E-state index in [2.05, 4.69) is 10.1 Å². The third kappa shape index (κ3) is 1.13. The Morgan fingerprint density at radius 1 is 1.57 bits per heavy atom. The molecule has 0 spiro atoms. The molecule has 0 saturated carbocycles. The van der Waals surface area contributed by atoms with Gasteiger partial charge in [0.25, 0.3) is 0 Å². The van der Waals surface area contributed by atoms with Gasteiger partial charge in [0.05, 0.1) is 22.2 Å². The molecule has 3 N–H and O–H groups in total. The minimum atomic E-state index is -0.0896. The van der Waals surface area contributed by atoms with Gasteiger partial charge in [0.15, 0.2) is 5.65 Å². The first-order valence-electron chi connectivity index (χ1n) is 3.92. The van der Waals surface area contributed by atoms with Crippen LogP contribution in [0.5, 0.6) is 0 Å². The van der Waals surface area contributed by atoms with Crippen molar-refractivity contribution in [3.05, 3.63) is 23.0 Å². The van der Waals surface area contributed by atoms with E-state index in [-0.39, 0.29) is 5.84 Å². The third-order valence-corrected chi connectivity index (χ3v) is 2.39. The van der Waals surface area contributed by atoms with E-state index in [1.807, 2.05) is 0 Å². The summed E-state index contributed by atoms with van der Waals surface area (Å²) in [5, 5.41) is 12.4. The van der Waals surface area contributed by atoms with Crippen molar-refractivity contribution in [3.8, 4) is 0 Å². The molecular weight excluding hydrogens is 202 g/mol. The maximum absolute atomic E-state index is 7.28. The van der Waals surface area contributed by atoms with Crippen molar-refractivity contribution in [1.29, 1.82) is 5.41 Å². The lowest BCUT2D eigenvalue weighted by Crippen LogP contribution is -2.12. The second kappa shape index (κ2) is 2.95. The minimum absolute atomic E-state index is 0.0896. The lowest BCUT2D eigenvalue weighted by atomic mass is 10.2. The maximum atomic E-state index is 7.28. The number of nitrogen functional groups attached to an aromatic ring is 1. The molecule has 0 atom stereocenters. The number of hydrogen-bond acceptors (Lipinski definition) is 3. The van der Waals surface area contributed by atoms with Crippen molar-refractivity contribution < 1.29 is 0 Å². The number of aryl methyl sites for hydroxylation is 1. The summed E-state index contributed by atoms with van der Waals surface area (Å²) in [6.07, 6.45) is 3.09. The molecule has 6 heteroatoms. The number of hydrogen-bond donors (Lipinski definition) is 2. The summed E-state index contributed by atoms with van der Waals surface area (Å²) in [6, 6.07) is 0. The van der Waals surface area contributed by atoms with Crippen LogP contribution in [0, 0.1) is 5.41 Å². The SMILES string of the molecule is Cn1ncc2c(Cl)c(C(=N)N)cnc21. The molecule has 0 bridgehead atoms. The van der Waals surface area contributed by atoms with Crippen molar-refractivity contribution in [2.24, 2.45) is 12.8 Å². The van der Waals surface area contributed by atoms with E-state index < -0.39 is 0 Å². The summed E-state index contributed by atoms with van der Waals surface area (Å²) >= 11 is 6.04. The van der Waals surface area contributed by atoms with E-state index in [1.54, 1.807) is 17.9 Å². The van der Waals surface area contributed by atoms with Crippen LogP contribution in [-0.4, -0.2) is 20.6 Å². The lowest BCUT2D eigenvalue weighted by molar-refractivity contribution is 0.786. The highest BCUT2D eigenvalue weighted by Crippen LogP contribution is 2.24. The molecule has 0 fully saturated rings. The number of amidine groups is 1. The molecule has 2 rings (SSSR count). The first-order chi connectivity index (χ1) is 6.61. The number of aromatic nitrogens is 3. The summed E-state index contributed by atoms with van der Waals surface area (Å²) in [5.74, 6) is -0.0896. The molecule has 0 aliphatic carbocycles. The molecule has 14 heavy (non-hydrogen) atoms. The fraction of sp³-hybridized carbons (Fsp3) is 0.125. The number of nitrogens with zero attached hydrogens (tertiary/aromatic N) is 3. The smallest absolute Gasteiger partial charge is 0.158 e. The first-order valence-corrected chi connectivity index (χ1v) is 4.29. The minimum Gasteiger partial charge on any atom is -0.384 e. The number of nitrogens with two attached hydrogens (primary N) is 1. The van der Waals surface area contributed by atoms with Crippen molar-refractivity contribution in [1.82, 2.24) is 14.8 Å². The van der Waals surface area contributed by atoms with Crippen LogP contribution in [0.1, 0.15) is 5.56 Å². The Hall–Kier alpha value is -1.62. The molecule has 0 aliphatic rings. The third-order valence-electron chi connectivity index (χ3n) is 1.99. The van der Waals surface area contributed by atoms with E-state index >= 15 is 0 Å². The monoisotopic (exact) mass is 209 g/mol. The van der Waals surface area contributed by atoms with Gasteiger partial charge in [-0.25, -0.2) is 4.98 Å². The van der Waals surface area contributed by atoms with E-state index in [9.17, 15) is 0 Å². The summed E-state index contributed by atoms with van der Waals surface area (Å²) in [5.41, 5.74) is 6.46. The van der Waals surface area contributed by atoms with Gasteiger partial charge in [-0.15, -0.1) is 0 Å². The molecular formula is C8H8ClN5. The van der Waals surface area contributed by atoms with Gasteiger partial charge in [0.2, 0.25) is 0 Å². The number of pyridine rings is 1. The molecule has 0 saturated heterocycles. The zero-order valence-corrected chi connectivity index (χ0v) is 8.21. The number of rotatable bonds is 1. The van der Waals surface area contributed by atoms with Gasteiger partial charge in [0.1, 0.15) is 5.84 Å². The molecule has 0 unspecified atom stereocenters. The van der Waals surface area contributed by atoms with E-state index in [1.165, 1.54) is 6.20 Å². The van der Waals surface area contributed by atoms with Crippen LogP contribution in [0.3, 0.4) is 0 Å². The van der Waals surface area contributed by atoms with Crippen molar-refractivity contribution in [3.63, 3.8) is 0 Å². The van der Waals surface area contributed by atoms with Gasteiger partial charge in [-0.2, -0.15) is 5.10 Å². The molecule has 72 valence electrons. The number of nitrogens with one attached hydrogen (secondary N) is 1. The Balaban J connectivity index is 2.82. The van der Waals surface area contributed by atoms with Gasteiger partial charge in [-0.05, 0) is 0 Å². The predicted molar refractivity (Wildman–Crippen MR) is 54.5 cm³/mol. The van der Waals surface area contributed by atoms with Crippen LogP contribution in [-0.2, 0) is 7.05 Å². The van der Waals surface area contributed by atoms with Gasteiger partial charge >= 0.3 is 0 Å². The summed E-state index contributed by atoms with van der Waals surface area (Å²) < 4.78 is 1.62. The molecule has 0 amide bonds. The van der Waals surface area contributed by atoms with Gasteiger partial charge in [-0.1, -0.05) is 11.6 Å². The van der Waals surface area contributed by atoms with Gasteiger partial charge in [0, 0.05) is 13.2 Å². The summed E-state index contributed by atoms with van der Waals surface area (Å²) in [6.45, 7) is 0. The molecule has 0 aliphatic heterocycles. The average molecular weight is 210 g/mol. The second-order valence-corrected chi connectivity index (χ2v) is 3.28. The lowest BCUT2D eigenvalue weighted by Gasteiger charge is -2.01. The highest BCUT2D eigenvalue weighted by molar-refractivity contribution is 6.38. The summed E-state index contributed by atoms with van der Waals surface area (Å²) in [7, 11) is 1.78. The maximum Gasteiger partial charge on any atom is 0.158 e. The van der Waals surface area contributed by atoms with Crippen LogP contribution in [0.15, 0.2) is 12.4 Å². The van der Waals surface area contributed by atoms with Crippen molar-refractivity contribution in [2.45, 2.75) is 0 Å². The summed E-state index contributed by atoms with van der Waals surface area (Å²) in [4.78, 5) is 4.12. The Labute approximate surface area is 85.0 Å². The standard InChI is InChI=1S/C8H8ClN5/c1-14-8-5(3-13-14)6(9)4(2-12-8)7(10)11/h2-3H,1H3,(H3,10,11). The van der Waals surface area contributed by atoms with E-state index in [0.29, 0.717) is 21.6 Å². The Bertz CT molecular complexity index is 516. The average Bonchev–Trinajstić information content (AvgIpc) is 2.49. The van der Waals surface area contributed by atoms with Crippen LogP contribution in [0.25, 0.3) is 11.0 Å². The van der Waals surface area contributed by atoms with Crippen LogP contribution >= 0.6 is 11.6 Å². The zero-order valence-electron chi connectivity index (χ0n) is 7.45. The van der Waals surface area contributed by atoms with E-state index in [4.69, 9.17) is 22.7 Å². The van der Waals surface area contributed by atoms with Crippen LogP contribution in [0.2, 0.25) is 5.02 Å². The molecule has 0 radical (unpaired) electrons. The Kier molecular flexibility index (Phi) is 1.89.